The summed E-state index contributed by atoms with van der Waals surface area (Å²) in [5.74, 6) is -3.96. The highest BCUT2D eigenvalue weighted by molar-refractivity contribution is 5.93. The molecule has 1 aromatic rings. The molecule has 31 heavy (non-hydrogen) atoms. The molecule has 0 aliphatic carbocycles. The Morgan fingerprint density at radius 2 is 1.61 bits per heavy atom. The highest BCUT2D eigenvalue weighted by atomic mass is 16.4. The fourth-order valence-corrected chi connectivity index (χ4v) is 2.48. The molecule has 3 atom stereocenters. The van der Waals surface area contributed by atoms with Gasteiger partial charge in [-0.15, -0.1) is 0 Å². The van der Waals surface area contributed by atoms with Crippen molar-refractivity contribution in [3.63, 3.8) is 0 Å². The second kappa shape index (κ2) is 12.1. The zero-order valence-electron chi connectivity index (χ0n) is 17.0. The second-order valence-electron chi connectivity index (χ2n) is 6.89. The Balaban J connectivity index is 2.87. The van der Waals surface area contributed by atoms with E-state index in [1.54, 1.807) is 12.1 Å². The first-order valence-electron chi connectivity index (χ1n) is 9.41. The van der Waals surface area contributed by atoms with E-state index in [0.29, 0.717) is 5.56 Å². The maximum Gasteiger partial charge on any atom is 0.322 e. The van der Waals surface area contributed by atoms with Crippen LogP contribution in [0, 0.1) is 0 Å². The van der Waals surface area contributed by atoms with Crippen molar-refractivity contribution in [2.75, 3.05) is 6.54 Å². The molecule has 0 heterocycles. The molecule has 0 unspecified atom stereocenters. The fraction of sp³-hybridized carbons (Fsp3) is 0.421. The lowest BCUT2D eigenvalue weighted by Crippen LogP contribution is -2.56. The van der Waals surface area contributed by atoms with E-state index < -0.39 is 54.3 Å². The third kappa shape index (κ3) is 9.58. The minimum Gasteiger partial charge on any atom is -0.508 e. The molecule has 4 amide bonds. The molecule has 0 saturated heterocycles. The Kier molecular flexibility index (Phi) is 9.92. The quantitative estimate of drug-likeness (QED) is 0.189. The van der Waals surface area contributed by atoms with Gasteiger partial charge in [0, 0.05) is 12.8 Å². The third-order valence-electron chi connectivity index (χ3n) is 4.21. The van der Waals surface area contributed by atoms with Crippen LogP contribution >= 0.6 is 0 Å². The number of hydrogen-bond donors (Lipinski definition) is 7. The number of benzene rings is 1. The number of amides is 4. The largest absolute Gasteiger partial charge is 0.508 e. The van der Waals surface area contributed by atoms with Crippen LogP contribution in [0.1, 0.15) is 25.3 Å². The predicted molar refractivity (Wildman–Crippen MR) is 108 cm³/mol. The molecule has 0 bridgehead atoms. The van der Waals surface area contributed by atoms with Gasteiger partial charge in [-0.05, 0) is 31.0 Å². The number of hydrogen-bond acceptors (Lipinski definition) is 7. The van der Waals surface area contributed by atoms with Gasteiger partial charge in [-0.2, -0.15) is 0 Å². The van der Waals surface area contributed by atoms with Gasteiger partial charge in [-0.1, -0.05) is 12.1 Å². The lowest BCUT2D eigenvalue weighted by molar-refractivity contribution is -0.138. The molecule has 0 aromatic heterocycles. The molecule has 12 nitrogen and oxygen atoms in total. The number of nitrogens with one attached hydrogen (secondary N) is 3. The lowest BCUT2D eigenvalue weighted by Gasteiger charge is -2.22. The molecule has 0 spiro atoms. The number of aromatic hydroxyl groups is 1. The molecule has 170 valence electrons. The molecule has 0 aliphatic rings. The summed E-state index contributed by atoms with van der Waals surface area (Å²) in [7, 11) is 0. The minimum absolute atomic E-state index is 0.0112. The van der Waals surface area contributed by atoms with Crippen molar-refractivity contribution >= 4 is 29.6 Å². The Labute approximate surface area is 178 Å². The van der Waals surface area contributed by atoms with Gasteiger partial charge < -0.3 is 37.6 Å². The molecule has 1 rings (SSSR count). The van der Waals surface area contributed by atoms with E-state index in [4.69, 9.17) is 16.6 Å². The molecule has 12 heteroatoms. The van der Waals surface area contributed by atoms with Crippen LogP contribution in [0.4, 0.5) is 0 Å². The van der Waals surface area contributed by atoms with E-state index in [9.17, 15) is 29.1 Å². The molecule has 0 radical (unpaired) electrons. The van der Waals surface area contributed by atoms with Crippen molar-refractivity contribution in [3.8, 4) is 5.75 Å². The molecular weight excluding hydrogens is 410 g/mol. The van der Waals surface area contributed by atoms with Gasteiger partial charge >= 0.3 is 5.97 Å². The average Bonchev–Trinajstić information content (AvgIpc) is 2.70. The van der Waals surface area contributed by atoms with E-state index in [1.165, 1.54) is 19.1 Å². The summed E-state index contributed by atoms with van der Waals surface area (Å²) in [5.41, 5.74) is 11.4. The zero-order chi connectivity index (χ0) is 23.6. The summed E-state index contributed by atoms with van der Waals surface area (Å²) >= 11 is 0. The zero-order valence-corrected chi connectivity index (χ0v) is 17.0. The van der Waals surface area contributed by atoms with Crippen molar-refractivity contribution in [2.45, 2.75) is 44.3 Å². The van der Waals surface area contributed by atoms with Crippen molar-refractivity contribution in [3.05, 3.63) is 29.8 Å². The SMILES string of the molecule is C[C@H](NC(=O)[C@H](Cc1ccc(O)cc1)NC(=O)[C@@H](N)CCC(N)=O)C(=O)NCC(=O)O. The van der Waals surface area contributed by atoms with Gasteiger partial charge in [0.15, 0.2) is 0 Å². The number of carboxylic acid groups (broad SMARTS) is 1. The van der Waals surface area contributed by atoms with Crippen molar-refractivity contribution in [1.82, 2.24) is 16.0 Å². The monoisotopic (exact) mass is 437 g/mol. The summed E-state index contributed by atoms with van der Waals surface area (Å²) in [4.78, 5) is 58.4. The molecule has 0 fully saturated rings. The predicted octanol–water partition coefficient (Wildman–Crippen LogP) is -2.28. The van der Waals surface area contributed by atoms with E-state index in [1.807, 2.05) is 0 Å². The Hall–Kier alpha value is -3.67. The molecule has 0 aliphatic heterocycles. The van der Waals surface area contributed by atoms with Crippen LogP contribution in [0.25, 0.3) is 0 Å². The smallest absolute Gasteiger partial charge is 0.322 e. The molecule has 1 aromatic carbocycles. The maximum absolute atomic E-state index is 12.7. The van der Waals surface area contributed by atoms with Crippen LogP contribution in [0.3, 0.4) is 0 Å². The normalized spacial score (nSPS) is 13.4. The first kappa shape index (κ1) is 25.4. The van der Waals surface area contributed by atoms with Crippen LogP contribution in [-0.2, 0) is 30.4 Å². The Morgan fingerprint density at radius 1 is 1.00 bits per heavy atom. The lowest BCUT2D eigenvalue weighted by atomic mass is 10.0. The van der Waals surface area contributed by atoms with Crippen LogP contribution in [0.2, 0.25) is 0 Å². The number of phenols is 1. The fourth-order valence-electron chi connectivity index (χ4n) is 2.48. The molecule has 0 saturated carbocycles. The van der Waals surface area contributed by atoms with Crippen LogP contribution in [-0.4, -0.2) is 64.5 Å². The van der Waals surface area contributed by atoms with Crippen molar-refractivity contribution in [1.29, 1.82) is 0 Å². The van der Waals surface area contributed by atoms with E-state index in [0.717, 1.165) is 0 Å². The first-order chi connectivity index (χ1) is 14.5. The number of carbonyl (C=O) groups excluding carboxylic acids is 4. The summed E-state index contributed by atoms with van der Waals surface area (Å²) in [6.07, 6.45) is -0.100. The summed E-state index contributed by atoms with van der Waals surface area (Å²) in [6.45, 7) is 0.745. The highest BCUT2D eigenvalue weighted by Gasteiger charge is 2.27. The number of carbonyl (C=O) groups is 5. The maximum atomic E-state index is 12.7. The van der Waals surface area contributed by atoms with Gasteiger partial charge in [0.2, 0.25) is 23.6 Å². The van der Waals surface area contributed by atoms with Crippen LogP contribution < -0.4 is 27.4 Å². The summed E-state index contributed by atoms with van der Waals surface area (Å²) in [5, 5.41) is 25.0. The van der Waals surface area contributed by atoms with Crippen molar-refractivity contribution in [2.24, 2.45) is 11.5 Å². The topological polar surface area (TPSA) is 214 Å². The van der Waals surface area contributed by atoms with Gasteiger partial charge in [0.1, 0.15) is 24.4 Å². The van der Waals surface area contributed by atoms with E-state index >= 15 is 0 Å². The van der Waals surface area contributed by atoms with Crippen molar-refractivity contribution < 1.29 is 34.2 Å². The molecule has 9 N–H and O–H groups in total. The number of nitrogens with two attached hydrogens (primary N) is 2. The highest BCUT2D eigenvalue weighted by Crippen LogP contribution is 2.12. The third-order valence-corrected chi connectivity index (χ3v) is 4.21. The standard InChI is InChI=1S/C19H27N5O7/c1-10(17(29)22-9-16(27)28)23-19(31)14(8-11-2-4-12(25)5-3-11)24-18(30)13(20)6-7-15(21)26/h2-5,10,13-14,25H,6-9,20H2,1H3,(H2,21,26)(H,22,29)(H,23,31)(H,24,30)(H,27,28)/t10-,13-,14-/m0/s1. The first-order valence-corrected chi connectivity index (χ1v) is 9.41. The Morgan fingerprint density at radius 3 is 2.16 bits per heavy atom. The number of phenolic OH excluding ortho intramolecular Hbond substituents is 1. The summed E-state index contributed by atoms with van der Waals surface area (Å²) < 4.78 is 0. The number of aliphatic carboxylic acids is 1. The van der Waals surface area contributed by atoms with Gasteiger partial charge in [-0.3, -0.25) is 24.0 Å². The minimum atomic E-state index is -1.24. The Bertz CT molecular complexity index is 812. The summed E-state index contributed by atoms with van der Waals surface area (Å²) in [6, 6.07) is 2.63. The van der Waals surface area contributed by atoms with E-state index in [-0.39, 0.29) is 25.0 Å². The number of carboxylic acids is 1. The second-order valence-corrected chi connectivity index (χ2v) is 6.89. The average molecular weight is 437 g/mol. The molecular formula is C19H27N5O7. The van der Waals surface area contributed by atoms with E-state index in [2.05, 4.69) is 16.0 Å². The number of rotatable bonds is 12. The number of primary amides is 1. The van der Waals surface area contributed by atoms with Crippen LogP contribution in [0.15, 0.2) is 24.3 Å². The van der Waals surface area contributed by atoms with Gasteiger partial charge in [-0.25, -0.2) is 0 Å². The van der Waals surface area contributed by atoms with Gasteiger partial charge in [0.05, 0.1) is 6.04 Å². The van der Waals surface area contributed by atoms with Crippen LogP contribution in [0.5, 0.6) is 5.75 Å². The van der Waals surface area contributed by atoms with Gasteiger partial charge in [0.25, 0.3) is 0 Å².